The third kappa shape index (κ3) is 6.59. The summed E-state index contributed by atoms with van der Waals surface area (Å²) in [5.74, 6) is -7.23. The molecule has 0 atom stereocenters. The van der Waals surface area contributed by atoms with E-state index in [0.717, 1.165) is 0 Å². The molecule has 0 unspecified atom stereocenters. The molecule has 4 rings (SSSR count). The molecule has 46 heavy (non-hydrogen) atoms. The van der Waals surface area contributed by atoms with Crippen LogP contribution in [-0.4, -0.2) is 9.97 Å². The SMILES string of the molecule is CC(C)(c1cccc(C(C)(C)c2[c-]cc(F)c(C(F)(F)F)c2F)n1)c1cccc(C(C)(C)c2[c-]cc(F)c(C(F)(F)F)c2F)n1.[Pt+2]. The van der Waals surface area contributed by atoms with Crippen molar-refractivity contribution < 1.29 is 65.0 Å². The summed E-state index contributed by atoms with van der Waals surface area (Å²) in [4.78, 5) is 9.20. The maximum Gasteiger partial charge on any atom is 2.00 e. The van der Waals surface area contributed by atoms with Crippen molar-refractivity contribution in [2.75, 3.05) is 0 Å². The maximum atomic E-state index is 15.1. The molecule has 2 nitrogen and oxygen atoms in total. The van der Waals surface area contributed by atoms with Gasteiger partial charge >= 0.3 is 33.4 Å². The van der Waals surface area contributed by atoms with E-state index in [-0.39, 0.29) is 32.5 Å². The molecule has 0 bridgehead atoms. The number of rotatable bonds is 6. The fourth-order valence-corrected chi connectivity index (χ4v) is 5.08. The van der Waals surface area contributed by atoms with E-state index in [1.54, 1.807) is 38.1 Å². The number of pyridine rings is 2. The van der Waals surface area contributed by atoms with Crippen LogP contribution in [0.1, 0.15) is 86.6 Å². The van der Waals surface area contributed by atoms with Crippen LogP contribution in [0, 0.1) is 35.4 Å². The predicted molar refractivity (Wildman–Crippen MR) is 145 cm³/mol. The van der Waals surface area contributed by atoms with Crippen LogP contribution in [0.15, 0.2) is 48.5 Å². The van der Waals surface area contributed by atoms with E-state index in [4.69, 9.17) is 0 Å². The molecule has 2 aromatic carbocycles. The van der Waals surface area contributed by atoms with E-state index in [2.05, 4.69) is 22.1 Å². The third-order valence-corrected chi connectivity index (χ3v) is 7.92. The summed E-state index contributed by atoms with van der Waals surface area (Å²) in [6.45, 7) is 9.02. The van der Waals surface area contributed by atoms with Gasteiger partial charge in [-0.2, -0.15) is 38.5 Å². The maximum absolute atomic E-state index is 15.1. The monoisotopic (exact) mass is 835 g/mol. The minimum absolute atomic E-state index is 0. The number of hydrogen-bond donors (Lipinski definition) is 0. The molecule has 0 aliphatic heterocycles. The smallest absolute Gasteiger partial charge is 0.284 e. The van der Waals surface area contributed by atoms with Gasteiger partial charge in [0.05, 0.1) is 11.4 Å². The average molecular weight is 836 g/mol. The third-order valence-electron chi connectivity index (χ3n) is 7.92. The number of alkyl halides is 6. The fraction of sp³-hybridized carbons (Fsp3) is 0.333. The van der Waals surface area contributed by atoms with Crippen molar-refractivity contribution in [1.82, 2.24) is 9.97 Å². The van der Waals surface area contributed by atoms with Gasteiger partial charge in [-0.05, 0) is 38.1 Å². The minimum Gasteiger partial charge on any atom is -0.284 e. The van der Waals surface area contributed by atoms with Gasteiger partial charge in [0.1, 0.15) is 0 Å². The largest absolute Gasteiger partial charge is 2.00 e. The van der Waals surface area contributed by atoms with Gasteiger partial charge < -0.3 is 0 Å². The van der Waals surface area contributed by atoms with E-state index in [0.29, 0.717) is 23.5 Å². The minimum atomic E-state index is -5.29. The van der Waals surface area contributed by atoms with Crippen LogP contribution in [0.2, 0.25) is 0 Å². The topological polar surface area (TPSA) is 25.8 Å². The van der Waals surface area contributed by atoms with Gasteiger partial charge in [0, 0.05) is 62.0 Å². The van der Waals surface area contributed by atoms with Crippen LogP contribution < -0.4 is 0 Å². The Balaban J connectivity index is 0.00000576. The molecule has 0 aliphatic rings. The van der Waals surface area contributed by atoms with Crippen LogP contribution in [0.25, 0.3) is 0 Å². The molecule has 0 spiro atoms. The van der Waals surface area contributed by atoms with Gasteiger partial charge in [-0.3, -0.25) is 27.5 Å². The Morgan fingerprint density at radius 3 is 1.07 bits per heavy atom. The van der Waals surface area contributed by atoms with E-state index in [1.807, 2.05) is 0 Å². The second kappa shape index (κ2) is 12.4. The Morgan fingerprint density at radius 1 is 0.500 bits per heavy atom. The molecule has 4 aromatic rings. The van der Waals surface area contributed by atoms with Gasteiger partial charge in [-0.25, -0.2) is 0 Å². The molecule has 13 heteroatoms. The summed E-state index contributed by atoms with van der Waals surface area (Å²) in [6, 6.07) is 14.6. The van der Waals surface area contributed by atoms with Crippen LogP contribution in [0.5, 0.6) is 0 Å². The van der Waals surface area contributed by atoms with Crippen LogP contribution in [0.3, 0.4) is 0 Å². The molecule has 0 saturated heterocycles. The number of hydrogen-bond acceptors (Lipinski definition) is 2. The van der Waals surface area contributed by atoms with Crippen molar-refractivity contribution in [2.24, 2.45) is 0 Å². The zero-order valence-corrected chi connectivity index (χ0v) is 27.4. The first-order chi connectivity index (χ1) is 20.5. The zero-order chi connectivity index (χ0) is 33.9. The number of benzene rings is 2. The molecule has 0 fully saturated rings. The van der Waals surface area contributed by atoms with Crippen LogP contribution >= 0.6 is 0 Å². The second-order valence-corrected chi connectivity index (χ2v) is 12.1. The molecular weight excluding hydrogens is 809 g/mol. The van der Waals surface area contributed by atoms with E-state index in [9.17, 15) is 35.1 Å². The van der Waals surface area contributed by atoms with Crippen molar-refractivity contribution in [3.05, 3.63) is 129 Å². The van der Waals surface area contributed by atoms with Crippen LogP contribution in [-0.2, 0) is 49.7 Å². The van der Waals surface area contributed by atoms with Crippen molar-refractivity contribution in [2.45, 2.75) is 70.1 Å². The Kier molecular flexibility index (Phi) is 10.0. The molecule has 0 N–H and O–H groups in total. The van der Waals surface area contributed by atoms with Gasteiger partial charge in [0.15, 0.2) is 0 Å². The van der Waals surface area contributed by atoms with Crippen LogP contribution in [0.4, 0.5) is 43.9 Å². The molecule has 0 saturated carbocycles. The molecule has 2 aromatic heterocycles. The standard InChI is InChI=1S/C33H26F10N2.Pt/c1-29(2,17-13-15-19(34)25(27(17)36)32(38,39)40)21-9-7-11-23(44-21)31(5,6)24-12-8-10-22(45-24)30(3,4)18-14-16-20(35)26(28(18)37)33(41,42)43;/h7-12,15-16H,1-6H3;/q-2;+2. The van der Waals surface area contributed by atoms with Gasteiger partial charge in [-0.15, -0.1) is 23.3 Å². The van der Waals surface area contributed by atoms with Crippen molar-refractivity contribution in [3.8, 4) is 0 Å². The first kappa shape index (κ1) is 37.2. The average Bonchev–Trinajstić information content (AvgIpc) is 2.91. The number of nitrogens with zero attached hydrogens (tertiary/aromatic N) is 2. The summed E-state index contributed by atoms with van der Waals surface area (Å²) < 4.78 is 139. The van der Waals surface area contributed by atoms with Gasteiger partial charge in [0.2, 0.25) is 0 Å². The Morgan fingerprint density at radius 2 is 0.783 bits per heavy atom. The zero-order valence-electron chi connectivity index (χ0n) is 25.1. The van der Waals surface area contributed by atoms with E-state index < -0.39 is 74.1 Å². The first-order valence-electron chi connectivity index (χ1n) is 13.4. The summed E-state index contributed by atoms with van der Waals surface area (Å²) >= 11 is 0. The Bertz CT molecular complexity index is 1630. The summed E-state index contributed by atoms with van der Waals surface area (Å²) in [7, 11) is 0. The first-order valence-corrected chi connectivity index (χ1v) is 13.4. The van der Waals surface area contributed by atoms with Crippen molar-refractivity contribution in [3.63, 3.8) is 0 Å². The number of aromatic nitrogens is 2. The quantitative estimate of drug-likeness (QED) is 0.143. The molecule has 0 radical (unpaired) electrons. The summed E-state index contributed by atoms with van der Waals surface area (Å²) in [5, 5.41) is 0. The van der Waals surface area contributed by atoms with Gasteiger partial charge in [-0.1, -0.05) is 39.8 Å². The molecular formula is C33H26F10N2Pt. The molecule has 248 valence electrons. The second-order valence-electron chi connectivity index (χ2n) is 12.1. The van der Waals surface area contributed by atoms with E-state index in [1.165, 1.54) is 39.8 Å². The number of halogens is 10. The van der Waals surface area contributed by atoms with Crippen molar-refractivity contribution >= 4 is 0 Å². The predicted octanol–water partition coefficient (Wildman–Crippen LogP) is 9.65. The Hall–Kier alpha value is -3.27. The van der Waals surface area contributed by atoms with Crippen molar-refractivity contribution in [1.29, 1.82) is 0 Å². The van der Waals surface area contributed by atoms with E-state index >= 15 is 8.78 Å². The Labute approximate surface area is 273 Å². The summed E-state index contributed by atoms with van der Waals surface area (Å²) in [6.07, 6.45) is -10.6. The normalized spacial score (nSPS) is 13.0. The van der Waals surface area contributed by atoms with Gasteiger partial charge in [0.25, 0.3) is 0 Å². The molecule has 0 aliphatic carbocycles. The summed E-state index contributed by atoms with van der Waals surface area (Å²) in [5.41, 5.74) is -8.40. The molecule has 2 heterocycles. The fourth-order valence-electron chi connectivity index (χ4n) is 5.08. The molecule has 0 amide bonds.